The fourth-order valence-corrected chi connectivity index (χ4v) is 1.39. The van der Waals surface area contributed by atoms with Gasteiger partial charge in [-0.2, -0.15) is 0 Å². The van der Waals surface area contributed by atoms with E-state index in [-0.39, 0.29) is 0 Å². The molecule has 0 aliphatic carbocycles. The number of hydrogen-bond donors (Lipinski definition) is 0. The first-order valence-corrected chi connectivity index (χ1v) is 3.85. The summed E-state index contributed by atoms with van der Waals surface area (Å²) in [5.41, 5.74) is 1.05. The van der Waals surface area contributed by atoms with Crippen molar-refractivity contribution in [2.24, 2.45) is 0 Å². The summed E-state index contributed by atoms with van der Waals surface area (Å²) >= 11 is 0. The molecule has 0 amide bonds. The molecule has 0 atom stereocenters. The molecule has 0 saturated heterocycles. The van der Waals surface area contributed by atoms with E-state index in [2.05, 4.69) is 0 Å². The van der Waals surface area contributed by atoms with Crippen molar-refractivity contribution in [1.82, 2.24) is 5.06 Å². The van der Waals surface area contributed by atoms with Crippen LogP contribution in [0.2, 0.25) is 0 Å². The molecule has 11 heavy (non-hydrogen) atoms. The number of ether oxygens (including phenoxy) is 1. The van der Waals surface area contributed by atoms with E-state index in [1.807, 2.05) is 12.2 Å². The van der Waals surface area contributed by atoms with Crippen LogP contribution >= 0.6 is 0 Å². The summed E-state index contributed by atoms with van der Waals surface area (Å²) in [5, 5.41) is 12.0. The zero-order valence-corrected chi connectivity index (χ0v) is 6.25. The van der Waals surface area contributed by atoms with Gasteiger partial charge in [-0.15, -0.1) is 0 Å². The van der Waals surface area contributed by atoms with Gasteiger partial charge in [0, 0.05) is 12.1 Å². The molecule has 2 aliphatic rings. The molecule has 0 saturated carbocycles. The highest BCUT2D eigenvalue weighted by Crippen LogP contribution is 2.25. The molecule has 2 heterocycles. The Labute approximate surface area is 65.5 Å². The van der Waals surface area contributed by atoms with Crippen molar-refractivity contribution in [3.63, 3.8) is 0 Å². The fourth-order valence-electron chi connectivity index (χ4n) is 1.39. The van der Waals surface area contributed by atoms with Gasteiger partial charge in [0.05, 0.1) is 6.61 Å². The minimum Gasteiger partial charge on any atom is -0.756 e. The molecule has 0 aromatic heterocycles. The van der Waals surface area contributed by atoms with E-state index in [9.17, 15) is 5.21 Å². The average Bonchev–Trinajstić information content (AvgIpc) is 2.06. The molecule has 0 aromatic rings. The van der Waals surface area contributed by atoms with Crippen LogP contribution in [0.25, 0.3) is 0 Å². The smallest absolute Gasteiger partial charge is 0.181 e. The summed E-state index contributed by atoms with van der Waals surface area (Å²) < 4.78 is 5.24. The predicted molar refractivity (Wildman–Crippen MR) is 41.4 cm³/mol. The van der Waals surface area contributed by atoms with Gasteiger partial charge in [0.1, 0.15) is 0 Å². The maximum atomic E-state index is 11.1. The van der Waals surface area contributed by atoms with E-state index >= 15 is 0 Å². The van der Waals surface area contributed by atoms with Crippen molar-refractivity contribution in [1.29, 1.82) is 0 Å². The van der Waals surface area contributed by atoms with Crippen LogP contribution in [0.4, 0.5) is 0 Å². The molecular formula is C8H10NO2-. The molecule has 0 bridgehead atoms. The van der Waals surface area contributed by atoms with Crippen LogP contribution in [0.3, 0.4) is 0 Å². The molecule has 2 rings (SSSR count). The Hall–Kier alpha value is -0.960. The van der Waals surface area contributed by atoms with Gasteiger partial charge < -0.3 is 15.0 Å². The molecule has 0 fully saturated rings. The molecule has 0 spiro atoms. The van der Waals surface area contributed by atoms with Crippen LogP contribution in [-0.2, 0) is 4.74 Å². The van der Waals surface area contributed by atoms with E-state index < -0.39 is 0 Å². The molecule has 60 valence electrons. The van der Waals surface area contributed by atoms with Crippen LogP contribution in [0.15, 0.2) is 23.6 Å². The van der Waals surface area contributed by atoms with E-state index in [4.69, 9.17) is 4.74 Å². The lowest BCUT2D eigenvalue weighted by Crippen LogP contribution is -2.25. The monoisotopic (exact) mass is 152 g/mol. The Bertz CT molecular complexity index is 220. The zero-order chi connectivity index (χ0) is 7.68. The fraction of sp³-hybridized carbons (Fsp3) is 0.500. The number of allylic oxidation sites excluding steroid dienone is 2. The number of hydroxylamine groups is 2. The second kappa shape index (κ2) is 2.58. The van der Waals surface area contributed by atoms with Gasteiger partial charge >= 0.3 is 0 Å². The van der Waals surface area contributed by atoms with Crippen LogP contribution in [0, 0.1) is 5.21 Å². The minimum absolute atomic E-state index is 0.429. The van der Waals surface area contributed by atoms with Crippen molar-refractivity contribution in [2.45, 2.75) is 12.8 Å². The lowest BCUT2D eigenvalue weighted by molar-refractivity contribution is 0.121. The van der Waals surface area contributed by atoms with Gasteiger partial charge in [0.2, 0.25) is 0 Å². The molecular weight excluding hydrogens is 142 g/mol. The van der Waals surface area contributed by atoms with Gasteiger partial charge in [0.25, 0.3) is 0 Å². The quantitative estimate of drug-likeness (QED) is 0.526. The van der Waals surface area contributed by atoms with Gasteiger partial charge in [-0.05, 0) is 12.8 Å². The number of hydrogen-bond acceptors (Lipinski definition) is 3. The summed E-state index contributed by atoms with van der Waals surface area (Å²) in [6, 6.07) is 0. The summed E-state index contributed by atoms with van der Waals surface area (Å²) in [6.07, 6.45) is 5.87. The van der Waals surface area contributed by atoms with Crippen molar-refractivity contribution in [3.8, 4) is 0 Å². The van der Waals surface area contributed by atoms with Crippen molar-refractivity contribution in [2.75, 3.05) is 13.2 Å². The normalized spacial score (nSPS) is 23.2. The second-order valence-corrected chi connectivity index (χ2v) is 2.75. The summed E-state index contributed by atoms with van der Waals surface area (Å²) in [7, 11) is 0. The number of rotatable bonds is 0. The van der Waals surface area contributed by atoms with Gasteiger partial charge in [-0.25, -0.2) is 0 Å². The Balaban J connectivity index is 2.27. The van der Waals surface area contributed by atoms with Gasteiger partial charge in [-0.3, -0.25) is 0 Å². The topological polar surface area (TPSA) is 35.5 Å². The van der Waals surface area contributed by atoms with E-state index in [1.165, 1.54) is 0 Å². The first-order valence-electron chi connectivity index (χ1n) is 3.85. The third-order valence-corrected chi connectivity index (χ3v) is 1.92. The summed E-state index contributed by atoms with van der Waals surface area (Å²) in [6.45, 7) is 1.12. The van der Waals surface area contributed by atoms with Crippen molar-refractivity contribution in [3.05, 3.63) is 28.8 Å². The zero-order valence-electron chi connectivity index (χ0n) is 6.25. The van der Waals surface area contributed by atoms with Crippen LogP contribution < -0.4 is 0 Å². The van der Waals surface area contributed by atoms with Crippen LogP contribution in [0.1, 0.15) is 12.8 Å². The van der Waals surface area contributed by atoms with Crippen LogP contribution in [0.5, 0.6) is 0 Å². The highest BCUT2D eigenvalue weighted by molar-refractivity contribution is 5.27. The maximum absolute atomic E-state index is 11.1. The lowest BCUT2D eigenvalue weighted by atomic mass is 10.1. The van der Waals surface area contributed by atoms with Crippen molar-refractivity contribution >= 4 is 0 Å². The minimum atomic E-state index is 0.429. The van der Waals surface area contributed by atoms with Gasteiger partial charge in [0.15, 0.2) is 5.88 Å². The molecule has 2 aliphatic heterocycles. The third-order valence-electron chi connectivity index (χ3n) is 1.92. The highest BCUT2D eigenvalue weighted by atomic mass is 16.6. The number of nitrogens with zero attached hydrogens (tertiary/aromatic N) is 1. The Morgan fingerprint density at radius 1 is 1.55 bits per heavy atom. The lowest BCUT2D eigenvalue weighted by Gasteiger charge is -2.37. The maximum Gasteiger partial charge on any atom is 0.181 e. The molecule has 0 N–H and O–H groups in total. The highest BCUT2D eigenvalue weighted by Gasteiger charge is 2.14. The van der Waals surface area contributed by atoms with E-state index in [0.717, 1.165) is 23.5 Å². The third kappa shape index (κ3) is 1.12. The second-order valence-electron chi connectivity index (χ2n) is 2.75. The molecule has 3 heteroatoms. The predicted octanol–water partition coefficient (Wildman–Crippen LogP) is 1.38. The Morgan fingerprint density at radius 3 is 3.27 bits per heavy atom. The molecule has 0 aromatic carbocycles. The SMILES string of the molecule is [O-]N1CC=CC2=C1OCCC2. The van der Waals surface area contributed by atoms with E-state index in [1.54, 1.807) is 0 Å². The first-order chi connectivity index (χ1) is 5.38. The standard InChI is InChI=1S/C8H10NO2/c10-9-5-1-3-7-4-2-6-11-8(7)9/h1,3H,2,4-6H2/q-1. The largest absolute Gasteiger partial charge is 0.756 e. The van der Waals surface area contributed by atoms with Gasteiger partial charge in [-0.1, -0.05) is 12.2 Å². The summed E-state index contributed by atoms with van der Waals surface area (Å²) in [4.78, 5) is 0. The summed E-state index contributed by atoms with van der Waals surface area (Å²) in [5.74, 6) is 0.541. The van der Waals surface area contributed by atoms with E-state index in [0.29, 0.717) is 19.0 Å². The molecule has 0 unspecified atom stereocenters. The Kier molecular flexibility index (Phi) is 1.58. The first kappa shape index (κ1) is 6.73. The Morgan fingerprint density at radius 2 is 2.45 bits per heavy atom. The van der Waals surface area contributed by atoms with Crippen LogP contribution in [-0.4, -0.2) is 18.2 Å². The molecule has 0 radical (unpaired) electrons. The van der Waals surface area contributed by atoms with Crippen molar-refractivity contribution < 1.29 is 4.74 Å². The molecule has 3 nitrogen and oxygen atoms in total. The average molecular weight is 152 g/mol.